The Balaban J connectivity index is 2.14. The Morgan fingerprint density at radius 3 is 2.54 bits per heavy atom. The second-order valence-corrected chi connectivity index (χ2v) is 5.86. The standard InChI is InChI=1S/C17H22N4O5/c1-11-17(21(23)24)12(2)20(18-11)10-16(22)19(3)9-13-6-7-14(25-4)8-15(13)26-5/h6-8H,9-10H2,1-5H3. The third-order valence-electron chi connectivity index (χ3n) is 4.14. The van der Waals surface area contributed by atoms with Crippen LogP contribution >= 0.6 is 0 Å². The van der Waals surface area contributed by atoms with Crippen LogP contribution in [-0.4, -0.2) is 46.8 Å². The zero-order chi connectivity index (χ0) is 19.4. The van der Waals surface area contributed by atoms with Gasteiger partial charge in [0.15, 0.2) is 0 Å². The molecule has 0 fully saturated rings. The first kappa shape index (κ1) is 19.2. The Hall–Kier alpha value is -3.10. The lowest BCUT2D eigenvalue weighted by Crippen LogP contribution is -2.30. The van der Waals surface area contributed by atoms with Gasteiger partial charge in [0.2, 0.25) is 5.91 Å². The van der Waals surface area contributed by atoms with E-state index in [9.17, 15) is 14.9 Å². The van der Waals surface area contributed by atoms with E-state index >= 15 is 0 Å². The van der Waals surface area contributed by atoms with Crippen LogP contribution < -0.4 is 9.47 Å². The van der Waals surface area contributed by atoms with Gasteiger partial charge < -0.3 is 14.4 Å². The van der Waals surface area contributed by atoms with Crippen molar-refractivity contribution in [3.05, 3.63) is 45.3 Å². The molecule has 2 aromatic rings. The van der Waals surface area contributed by atoms with Crippen LogP contribution in [-0.2, 0) is 17.9 Å². The van der Waals surface area contributed by atoms with Gasteiger partial charge in [-0.1, -0.05) is 0 Å². The molecule has 0 aliphatic carbocycles. The van der Waals surface area contributed by atoms with Gasteiger partial charge in [-0.15, -0.1) is 0 Å². The van der Waals surface area contributed by atoms with Gasteiger partial charge in [0, 0.05) is 25.2 Å². The summed E-state index contributed by atoms with van der Waals surface area (Å²) in [5, 5.41) is 15.2. The number of benzene rings is 1. The number of carbonyl (C=O) groups excluding carboxylic acids is 1. The molecule has 0 aliphatic heterocycles. The lowest BCUT2D eigenvalue weighted by atomic mass is 10.1. The number of carbonyl (C=O) groups is 1. The van der Waals surface area contributed by atoms with Crippen LogP contribution in [0.5, 0.6) is 11.5 Å². The van der Waals surface area contributed by atoms with Crippen LogP contribution in [0.1, 0.15) is 17.0 Å². The molecular weight excluding hydrogens is 340 g/mol. The maximum absolute atomic E-state index is 12.5. The van der Waals surface area contributed by atoms with Crippen LogP contribution in [0.15, 0.2) is 18.2 Å². The fourth-order valence-electron chi connectivity index (χ4n) is 2.68. The van der Waals surface area contributed by atoms with Crippen molar-refractivity contribution in [2.24, 2.45) is 0 Å². The summed E-state index contributed by atoms with van der Waals surface area (Å²) in [7, 11) is 4.78. The predicted octanol–water partition coefficient (Wildman–Crippen LogP) is 2.08. The van der Waals surface area contributed by atoms with Crippen LogP contribution in [0.3, 0.4) is 0 Å². The highest BCUT2D eigenvalue weighted by atomic mass is 16.6. The number of methoxy groups -OCH3 is 2. The van der Waals surface area contributed by atoms with Crippen LogP contribution in [0.25, 0.3) is 0 Å². The van der Waals surface area contributed by atoms with E-state index in [4.69, 9.17) is 9.47 Å². The first-order valence-electron chi connectivity index (χ1n) is 7.91. The van der Waals surface area contributed by atoms with Crippen LogP contribution in [0.4, 0.5) is 5.69 Å². The normalized spacial score (nSPS) is 10.5. The maximum atomic E-state index is 12.5. The number of aromatic nitrogens is 2. The van der Waals surface area contributed by atoms with Gasteiger partial charge in [-0.2, -0.15) is 5.10 Å². The van der Waals surface area contributed by atoms with E-state index in [2.05, 4.69) is 5.10 Å². The van der Waals surface area contributed by atoms with Crippen LogP contribution in [0, 0.1) is 24.0 Å². The predicted molar refractivity (Wildman–Crippen MR) is 94.4 cm³/mol. The molecule has 0 aliphatic rings. The zero-order valence-corrected chi connectivity index (χ0v) is 15.5. The second-order valence-electron chi connectivity index (χ2n) is 5.86. The van der Waals surface area contributed by atoms with Gasteiger partial charge in [0.05, 0.1) is 19.1 Å². The molecule has 9 heteroatoms. The molecule has 0 saturated carbocycles. The summed E-state index contributed by atoms with van der Waals surface area (Å²) in [6, 6.07) is 5.37. The number of aryl methyl sites for hydroxylation is 1. The first-order chi connectivity index (χ1) is 12.3. The summed E-state index contributed by atoms with van der Waals surface area (Å²) in [5.74, 6) is 1.06. The first-order valence-corrected chi connectivity index (χ1v) is 7.91. The topological polar surface area (TPSA) is 99.7 Å². The van der Waals surface area contributed by atoms with Crippen molar-refractivity contribution >= 4 is 11.6 Å². The second kappa shape index (κ2) is 7.85. The molecule has 0 unspecified atom stereocenters. The summed E-state index contributed by atoms with van der Waals surface area (Å²) in [6.45, 7) is 3.39. The van der Waals surface area contributed by atoms with E-state index < -0.39 is 4.92 Å². The van der Waals surface area contributed by atoms with E-state index in [-0.39, 0.29) is 18.1 Å². The number of nitrogens with zero attached hydrogens (tertiary/aromatic N) is 4. The minimum Gasteiger partial charge on any atom is -0.497 e. The molecule has 1 aromatic heterocycles. The molecule has 0 spiro atoms. The van der Waals surface area contributed by atoms with E-state index in [0.717, 1.165) is 5.56 Å². The largest absolute Gasteiger partial charge is 0.497 e. The SMILES string of the molecule is COc1ccc(CN(C)C(=O)Cn2nc(C)c([N+](=O)[O-])c2C)c(OC)c1. The summed E-state index contributed by atoms with van der Waals surface area (Å²) >= 11 is 0. The van der Waals surface area contributed by atoms with Crippen molar-refractivity contribution in [3.63, 3.8) is 0 Å². The van der Waals surface area contributed by atoms with Crippen molar-refractivity contribution < 1.29 is 19.2 Å². The molecule has 26 heavy (non-hydrogen) atoms. The summed E-state index contributed by atoms with van der Waals surface area (Å²) < 4.78 is 11.9. The molecule has 0 radical (unpaired) electrons. The molecule has 140 valence electrons. The Morgan fingerprint density at radius 2 is 2.00 bits per heavy atom. The zero-order valence-electron chi connectivity index (χ0n) is 15.5. The summed E-state index contributed by atoms with van der Waals surface area (Å²) in [5.41, 5.74) is 1.41. The van der Waals surface area contributed by atoms with Gasteiger partial charge in [-0.3, -0.25) is 19.6 Å². The Labute approximate surface area is 151 Å². The molecule has 9 nitrogen and oxygen atoms in total. The maximum Gasteiger partial charge on any atom is 0.312 e. The molecule has 1 aromatic carbocycles. The van der Waals surface area contributed by atoms with Gasteiger partial charge in [-0.25, -0.2) is 0 Å². The van der Waals surface area contributed by atoms with Crippen LogP contribution in [0.2, 0.25) is 0 Å². The number of hydrogen-bond acceptors (Lipinski definition) is 6. The molecule has 0 bridgehead atoms. The van der Waals surface area contributed by atoms with Crippen molar-refractivity contribution in [2.75, 3.05) is 21.3 Å². The monoisotopic (exact) mass is 362 g/mol. The molecular formula is C17H22N4O5. The fourth-order valence-corrected chi connectivity index (χ4v) is 2.68. The number of likely N-dealkylation sites (N-methyl/N-ethyl adjacent to an activating group) is 1. The van der Waals surface area contributed by atoms with Crippen molar-refractivity contribution in [3.8, 4) is 11.5 Å². The van der Waals surface area contributed by atoms with Gasteiger partial charge in [0.25, 0.3) is 0 Å². The van der Waals surface area contributed by atoms with Crippen molar-refractivity contribution in [1.82, 2.24) is 14.7 Å². The van der Waals surface area contributed by atoms with Crippen molar-refractivity contribution in [1.29, 1.82) is 0 Å². The molecule has 0 atom stereocenters. The van der Waals surface area contributed by atoms with Gasteiger partial charge in [-0.05, 0) is 26.0 Å². The number of amides is 1. The number of hydrogen-bond donors (Lipinski definition) is 0. The Kier molecular flexibility index (Phi) is 5.81. The molecule has 1 amide bonds. The third-order valence-corrected chi connectivity index (χ3v) is 4.14. The third kappa shape index (κ3) is 3.93. The number of nitro groups is 1. The van der Waals surface area contributed by atoms with E-state index in [1.165, 1.54) is 9.58 Å². The average molecular weight is 362 g/mol. The highest BCUT2D eigenvalue weighted by molar-refractivity contribution is 5.76. The Bertz CT molecular complexity index is 831. The lowest BCUT2D eigenvalue weighted by molar-refractivity contribution is -0.386. The van der Waals surface area contributed by atoms with E-state index in [1.807, 2.05) is 6.07 Å². The molecule has 0 N–H and O–H groups in total. The number of ether oxygens (including phenoxy) is 2. The summed E-state index contributed by atoms with van der Waals surface area (Å²) in [4.78, 5) is 24.6. The lowest BCUT2D eigenvalue weighted by Gasteiger charge is -2.19. The van der Waals surface area contributed by atoms with E-state index in [0.29, 0.717) is 29.4 Å². The highest BCUT2D eigenvalue weighted by Crippen LogP contribution is 2.26. The average Bonchev–Trinajstić information content (AvgIpc) is 2.88. The quantitative estimate of drug-likeness (QED) is 0.552. The smallest absolute Gasteiger partial charge is 0.312 e. The van der Waals surface area contributed by atoms with E-state index in [1.54, 1.807) is 47.2 Å². The fraction of sp³-hybridized carbons (Fsp3) is 0.412. The highest BCUT2D eigenvalue weighted by Gasteiger charge is 2.23. The number of rotatable bonds is 7. The molecule has 1 heterocycles. The van der Waals surface area contributed by atoms with Gasteiger partial charge in [0.1, 0.15) is 29.4 Å². The van der Waals surface area contributed by atoms with Crippen molar-refractivity contribution in [2.45, 2.75) is 26.9 Å². The molecule has 2 rings (SSSR count). The summed E-state index contributed by atoms with van der Waals surface area (Å²) in [6.07, 6.45) is 0. The minimum atomic E-state index is -0.482. The molecule has 0 saturated heterocycles. The minimum absolute atomic E-state index is 0.0581. The Morgan fingerprint density at radius 1 is 1.31 bits per heavy atom. The van der Waals surface area contributed by atoms with Gasteiger partial charge >= 0.3 is 5.69 Å².